The number of benzene rings is 2. The van der Waals surface area contributed by atoms with Gasteiger partial charge >= 0.3 is 0 Å². The summed E-state index contributed by atoms with van der Waals surface area (Å²) in [6.45, 7) is 8.57. The first kappa shape index (κ1) is 14.6. The highest BCUT2D eigenvalue weighted by molar-refractivity contribution is 5.99. The minimum absolute atomic E-state index is 0.0130. The van der Waals surface area contributed by atoms with Gasteiger partial charge in [-0.25, -0.2) is 0 Å². The molecule has 0 N–H and O–H groups in total. The fourth-order valence-corrected chi connectivity index (χ4v) is 2.82. The van der Waals surface area contributed by atoms with E-state index in [0.29, 0.717) is 6.54 Å². The van der Waals surface area contributed by atoms with Crippen molar-refractivity contribution in [3.8, 4) is 5.75 Å². The van der Waals surface area contributed by atoms with Gasteiger partial charge in [0, 0.05) is 0 Å². The van der Waals surface area contributed by atoms with Crippen LogP contribution in [0.25, 0.3) is 0 Å². The van der Waals surface area contributed by atoms with Crippen molar-refractivity contribution in [1.82, 2.24) is 0 Å². The van der Waals surface area contributed by atoms with Crippen molar-refractivity contribution in [2.24, 2.45) is 0 Å². The van der Waals surface area contributed by atoms with Gasteiger partial charge in [0.2, 0.25) is 0 Å². The molecule has 0 aromatic heterocycles. The summed E-state index contributed by atoms with van der Waals surface area (Å²) in [6.07, 6.45) is -0.444. The summed E-state index contributed by atoms with van der Waals surface area (Å²) in [4.78, 5) is 14.4. The Morgan fingerprint density at radius 2 is 1.73 bits per heavy atom. The molecule has 3 heteroatoms. The first-order chi connectivity index (χ1) is 10.5. The van der Waals surface area contributed by atoms with Gasteiger partial charge in [0.15, 0.2) is 6.10 Å². The highest BCUT2D eigenvalue weighted by Gasteiger charge is 2.31. The molecule has 0 radical (unpaired) electrons. The summed E-state index contributed by atoms with van der Waals surface area (Å²) in [5, 5.41) is 0. The molecule has 22 heavy (non-hydrogen) atoms. The molecular formula is C19H21NO2. The summed E-state index contributed by atoms with van der Waals surface area (Å²) in [7, 11) is 0. The number of nitrogens with zero attached hydrogens (tertiary/aromatic N) is 1. The smallest absolute Gasteiger partial charge is 0.268 e. The Morgan fingerprint density at radius 1 is 1.05 bits per heavy atom. The van der Waals surface area contributed by atoms with E-state index in [0.717, 1.165) is 17.0 Å². The summed E-state index contributed by atoms with van der Waals surface area (Å²) in [5.74, 6) is 0.794. The molecule has 0 bridgehead atoms. The molecule has 1 amide bonds. The molecule has 2 aromatic rings. The lowest BCUT2D eigenvalue weighted by Crippen LogP contribution is -2.44. The second-order valence-electron chi connectivity index (χ2n) is 6.09. The van der Waals surface area contributed by atoms with Gasteiger partial charge < -0.3 is 9.64 Å². The van der Waals surface area contributed by atoms with Crippen LogP contribution in [-0.4, -0.2) is 12.0 Å². The number of amides is 1. The third-order valence-electron chi connectivity index (χ3n) is 4.16. The predicted octanol–water partition coefficient (Wildman–Crippen LogP) is 3.93. The topological polar surface area (TPSA) is 29.5 Å². The van der Waals surface area contributed by atoms with Crippen LogP contribution in [0.2, 0.25) is 0 Å². The van der Waals surface area contributed by atoms with Crippen molar-refractivity contribution in [1.29, 1.82) is 0 Å². The van der Waals surface area contributed by atoms with E-state index in [-0.39, 0.29) is 5.91 Å². The van der Waals surface area contributed by atoms with Crippen LogP contribution in [0.4, 0.5) is 5.69 Å². The Kier molecular flexibility index (Phi) is 3.65. The van der Waals surface area contributed by atoms with Gasteiger partial charge in [0.1, 0.15) is 5.75 Å². The number of carbonyl (C=O) groups is 1. The molecular weight excluding hydrogens is 274 g/mol. The lowest BCUT2D eigenvalue weighted by molar-refractivity contribution is -0.125. The Hall–Kier alpha value is -2.29. The molecule has 1 heterocycles. The summed E-state index contributed by atoms with van der Waals surface area (Å²) in [5.41, 5.74) is 5.57. The van der Waals surface area contributed by atoms with Crippen LogP contribution in [-0.2, 0) is 11.3 Å². The minimum atomic E-state index is -0.444. The van der Waals surface area contributed by atoms with Crippen molar-refractivity contribution >= 4 is 11.6 Å². The summed E-state index contributed by atoms with van der Waals surface area (Å²) >= 11 is 0. The fraction of sp³-hybridized carbons (Fsp3) is 0.316. The normalized spacial score (nSPS) is 17.2. The minimum Gasteiger partial charge on any atom is -0.479 e. The predicted molar refractivity (Wildman–Crippen MR) is 88.4 cm³/mol. The number of hydrogen-bond donors (Lipinski definition) is 0. The molecule has 114 valence electrons. The van der Waals surface area contributed by atoms with Gasteiger partial charge in [-0.2, -0.15) is 0 Å². The van der Waals surface area contributed by atoms with Gasteiger partial charge in [0.25, 0.3) is 5.91 Å². The average molecular weight is 295 g/mol. The van der Waals surface area contributed by atoms with E-state index < -0.39 is 6.10 Å². The maximum atomic E-state index is 12.6. The second-order valence-corrected chi connectivity index (χ2v) is 6.09. The zero-order valence-corrected chi connectivity index (χ0v) is 13.5. The van der Waals surface area contributed by atoms with E-state index in [1.807, 2.05) is 30.0 Å². The molecule has 2 aromatic carbocycles. The molecule has 1 aliphatic rings. The number of rotatable bonds is 2. The first-order valence-electron chi connectivity index (χ1n) is 7.60. The number of carbonyl (C=O) groups excluding carboxylic acids is 1. The molecule has 0 spiro atoms. The van der Waals surface area contributed by atoms with Crippen LogP contribution < -0.4 is 9.64 Å². The molecule has 0 saturated heterocycles. The standard InChI is InChI=1S/C19H21NO2/c1-12-5-7-14(3)16(9-12)11-20-17-10-13(2)6-8-18(17)22-15(4)19(20)21/h5-10,15H,11H2,1-4H3/t15-/m0/s1. The molecule has 1 atom stereocenters. The molecule has 0 unspecified atom stereocenters. The van der Waals surface area contributed by atoms with Gasteiger partial charge in [-0.15, -0.1) is 0 Å². The lowest BCUT2D eigenvalue weighted by Gasteiger charge is -2.33. The third kappa shape index (κ3) is 2.59. The van der Waals surface area contributed by atoms with E-state index in [1.54, 1.807) is 6.92 Å². The number of aryl methyl sites for hydroxylation is 3. The highest BCUT2D eigenvalue weighted by Crippen LogP contribution is 2.36. The van der Waals surface area contributed by atoms with Crippen LogP contribution in [0.1, 0.15) is 29.2 Å². The second kappa shape index (κ2) is 5.48. The van der Waals surface area contributed by atoms with Gasteiger partial charge in [-0.05, 0) is 56.5 Å². The molecule has 0 fully saturated rings. The van der Waals surface area contributed by atoms with Crippen LogP contribution in [0, 0.1) is 20.8 Å². The van der Waals surface area contributed by atoms with Crippen molar-refractivity contribution in [3.63, 3.8) is 0 Å². The number of anilines is 1. The average Bonchev–Trinajstić information content (AvgIpc) is 2.48. The molecule has 0 saturated carbocycles. The Morgan fingerprint density at radius 3 is 2.50 bits per heavy atom. The van der Waals surface area contributed by atoms with Crippen molar-refractivity contribution in [2.75, 3.05) is 4.90 Å². The van der Waals surface area contributed by atoms with E-state index in [2.05, 4.69) is 32.0 Å². The van der Waals surface area contributed by atoms with Crippen LogP contribution >= 0.6 is 0 Å². The number of ether oxygens (including phenoxy) is 1. The monoisotopic (exact) mass is 295 g/mol. The quantitative estimate of drug-likeness (QED) is 0.840. The molecule has 3 nitrogen and oxygen atoms in total. The Bertz CT molecular complexity index is 736. The van der Waals surface area contributed by atoms with Crippen LogP contribution in [0.5, 0.6) is 5.75 Å². The van der Waals surface area contributed by atoms with Crippen molar-refractivity contribution in [2.45, 2.75) is 40.3 Å². The molecule has 3 rings (SSSR count). The van der Waals surface area contributed by atoms with E-state index in [4.69, 9.17) is 4.74 Å². The fourth-order valence-electron chi connectivity index (χ4n) is 2.82. The van der Waals surface area contributed by atoms with Crippen LogP contribution in [0.3, 0.4) is 0 Å². The van der Waals surface area contributed by atoms with Crippen LogP contribution in [0.15, 0.2) is 36.4 Å². The highest BCUT2D eigenvalue weighted by atomic mass is 16.5. The van der Waals surface area contributed by atoms with E-state index in [1.165, 1.54) is 16.7 Å². The van der Waals surface area contributed by atoms with Crippen molar-refractivity contribution < 1.29 is 9.53 Å². The summed E-state index contributed by atoms with van der Waals surface area (Å²) < 4.78 is 5.73. The third-order valence-corrected chi connectivity index (χ3v) is 4.16. The first-order valence-corrected chi connectivity index (χ1v) is 7.60. The van der Waals surface area contributed by atoms with Gasteiger partial charge in [-0.3, -0.25) is 4.79 Å². The number of fused-ring (bicyclic) bond motifs is 1. The zero-order chi connectivity index (χ0) is 15.9. The van der Waals surface area contributed by atoms with Gasteiger partial charge in [-0.1, -0.05) is 29.8 Å². The largest absolute Gasteiger partial charge is 0.479 e. The Balaban J connectivity index is 2.03. The van der Waals surface area contributed by atoms with Crippen molar-refractivity contribution in [3.05, 3.63) is 58.7 Å². The van der Waals surface area contributed by atoms with Gasteiger partial charge in [0.05, 0.1) is 12.2 Å². The maximum Gasteiger partial charge on any atom is 0.268 e. The van der Waals surface area contributed by atoms with E-state index >= 15 is 0 Å². The summed E-state index contributed by atoms with van der Waals surface area (Å²) in [6, 6.07) is 12.3. The SMILES string of the molecule is Cc1ccc(C)c(CN2C(=O)[C@H](C)Oc3ccc(C)cc32)c1. The number of hydrogen-bond acceptors (Lipinski definition) is 2. The van der Waals surface area contributed by atoms with E-state index in [9.17, 15) is 4.79 Å². The molecule has 0 aliphatic carbocycles. The lowest BCUT2D eigenvalue weighted by atomic mass is 10.0. The zero-order valence-electron chi connectivity index (χ0n) is 13.5. The molecule has 1 aliphatic heterocycles. The Labute approximate surface area is 131 Å². The maximum absolute atomic E-state index is 12.6.